The monoisotopic (exact) mass is 302 g/mol. The lowest BCUT2D eigenvalue weighted by Crippen LogP contribution is -2.40. The van der Waals surface area contributed by atoms with Gasteiger partial charge in [-0.1, -0.05) is 6.92 Å². The number of Topliss-reactive ketones (excluding diaryl/α,β-unsaturated/α-hetero) is 1. The van der Waals surface area contributed by atoms with Crippen molar-refractivity contribution < 1.29 is 13.2 Å². The van der Waals surface area contributed by atoms with Crippen molar-refractivity contribution >= 4 is 15.6 Å². The highest BCUT2D eigenvalue weighted by atomic mass is 32.2. The summed E-state index contributed by atoms with van der Waals surface area (Å²) in [4.78, 5) is 34.9. The first kappa shape index (κ1) is 16.4. The molecule has 8 heteroatoms. The predicted molar refractivity (Wildman–Crippen MR) is 74.9 cm³/mol. The van der Waals surface area contributed by atoms with Crippen molar-refractivity contribution in [2.75, 3.05) is 11.5 Å². The number of rotatable bonds is 6. The molecule has 0 spiro atoms. The van der Waals surface area contributed by atoms with Crippen LogP contribution >= 0.6 is 0 Å². The molecule has 0 aliphatic heterocycles. The molecule has 0 atom stereocenters. The average Bonchev–Trinajstić information content (AvgIpc) is 2.38. The van der Waals surface area contributed by atoms with Crippen molar-refractivity contribution in [3.05, 3.63) is 32.6 Å². The van der Waals surface area contributed by atoms with E-state index in [1.54, 1.807) is 6.92 Å². The van der Waals surface area contributed by atoms with Gasteiger partial charge in [0, 0.05) is 25.5 Å². The van der Waals surface area contributed by atoms with Crippen LogP contribution < -0.4 is 11.2 Å². The Hall–Kier alpha value is -1.70. The smallest absolute Gasteiger partial charge is 0.300 e. The summed E-state index contributed by atoms with van der Waals surface area (Å²) in [5, 5.41) is 0. The molecule has 0 fully saturated rings. The second kappa shape index (κ2) is 6.17. The number of nitrogens with zero attached hydrogens (tertiary/aromatic N) is 2. The van der Waals surface area contributed by atoms with Gasteiger partial charge in [0.1, 0.15) is 9.84 Å². The summed E-state index contributed by atoms with van der Waals surface area (Å²) >= 11 is 0. The Morgan fingerprint density at radius 3 is 2.40 bits per heavy atom. The van der Waals surface area contributed by atoms with Gasteiger partial charge in [-0.3, -0.25) is 18.7 Å². The van der Waals surface area contributed by atoms with Crippen LogP contribution in [0.2, 0.25) is 0 Å². The van der Waals surface area contributed by atoms with Crippen LogP contribution in [0.25, 0.3) is 0 Å². The van der Waals surface area contributed by atoms with Crippen LogP contribution in [0.3, 0.4) is 0 Å². The molecular formula is C12H18N2O5S. The summed E-state index contributed by atoms with van der Waals surface area (Å²) in [6.45, 7) is 2.95. The van der Waals surface area contributed by atoms with Crippen LogP contribution in [0.5, 0.6) is 0 Å². The molecule has 0 saturated heterocycles. The van der Waals surface area contributed by atoms with Crippen molar-refractivity contribution in [3.8, 4) is 0 Å². The maximum absolute atomic E-state index is 11.9. The molecule has 112 valence electrons. The number of carbonyl (C=O) groups excluding carboxylic acids is 1. The molecule has 0 radical (unpaired) electrons. The minimum atomic E-state index is -3.10. The number of aromatic nitrogens is 2. The normalized spacial score (nSPS) is 11.6. The Balaban J connectivity index is 3.06. The van der Waals surface area contributed by atoms with E-state index in [1.807, 2.05) is 0 Å². The molecule has 0 aliphatic carbocycles. The molecule has 0 unspecified atom stereocenters. The molecule has 1 heterocycles. The molecule has 1 aromatic heterocycles. The van der Waals surface area contributed by atoms with Gasteiger partial charge in [-0.2, -0.15) is 0 Å². The van der Waals surface area contributed by atoms with E-state index in [1.165, 1.54) is 24.7 Å². The molecule has 0 N–H and O–H groups in total. The van der Waals surface area contributed by atoms with Crippen LogP contribution in [0.15, 0.2) is 15.8 Å². The summed E-state index contributed by atoms with van der Waals surface area (Å²) < 4.78 is 24.8. The zero-order valence-corrected chi connectivity index (χ0v) is 12.6. The first-order chi connectivity index (χ1) is 9.19. The van der Waals surface area contributed by atoms with E-state index in [9.17, 15) is 22.8 Å². The number of sulfone groups is 1. The maximum Gasteiger partial charge on any atom is 0.330 e. The largest absolute Gasteiger partial charge is 0.330 e. The Morgan fingerprint density at radius 2 is 1.90 bits per heavy atom. The highest BCUT2D eigenvalue weighted by molar-refractivity contribution is 7.91. The third-order valence-electron chi connectivity index (χ3n) is 3.03. The van der Waals surface area contributed by atoms with Crippen LogP contribution in [-0.2, 0) is 23.4 Å². The molecule has 1 aromatic rings. The fourth-order valence-electron chi connectivity index (χ4n) is 1.73. The van der Waals surface area contributed by atoms with E-state index >= 15 is 0 Å². The predicted octanol–water partition coefficient (Wildman–Crippen LogP) is -0.426. The molecule has 1 rings (SSSR count). The van der Waals surface area contributed by atoms with E-state index < -0.39 is 26.9 Å². The molecule has 7 nitrogen and oxygen atoms in total. The topological polar surface area (TPSA) is 95.2 Å². The quantitative estimate of drug-likeness (QED) is 0.665. The highest BCUT2D eigenvalue weighted by Gasteiger charge is 2.13. The molecular weight excluding hydrogens is 284 g/mol. The van der Waals surface area contributed by atoms with Gasteiger partial charge in [-0.05, 0) is 13.3 Å². The fraction of sp³-hybridized carbons (Fsp3) is 0.583. The summed E-state index contributed by atoms with van der Waals surface area (Å²) in [6, 6.07) is 0. The highest BCUT2D eigenvalue weighted by Crippen LogP contribution is 1.97. The summed E-state index contributed by atoms with van der Waals surface area (Å²) in [6.07, 6.45) is 1.46. The Morgan fingerprint density at radius 1 is 1.30 bits per heavy atom. The van der Waals surface area contributed by atoms with E-state index in [2.05, 4.69) is 0 Å². The van der Waals surface area contributed by atoms with Gasteiger partial charge in [0.25, 0.3) is 5.56 Å². The van der Waals surface area contributed by atoms with Gasteiger partial charge in [0.2, 0.25) is 0 Å². The molecule has 0 aromatic carbocycles. The van der Waals surface area contributed by atoms with Crippen LogP contribution in [0.4, 0.5) is 0 Å². The third-order valence-corrected chi connectivity index (χ3v) is 4.82. The fourth-order valence-corrected chi connectivity index (χ4v) is 2.58. The van der Waals surface area contributed by atoms with Gasteiger partial charge in [-0.25, -0.2) is 13.2 Å². The Kier molecular flexibility index (Phi) is 5.04. The second-order valence-electron chi connectivity index (χ2n) is 4.53. The zero-order valence-electron chi connectivity index (χ0n) is 11.7. The van der Waals surface area contributed by atoms with Crippen molar-refractivity contribution in [3.63, 3.8) is 0 Å². The SMILES string of the molecule is CCS(=O)(=O)CCCn1cc(C(C)=O)c(=O)n(C)c1=O. The minimum absolute atomic E-state index is 0.0335. The van der Waals surface area contributed by atoms with E-state index in [0.717, 1.165) is 4.57 Å². The molecule has 0 bridgehead atoms. The number of ketones is 1. The lowest BCUT2D eigenvalue weighted by atomic mass is 10.2. The lowest BCUT2D eigenvalue weighted by molar-refractivity contribution is 0.101. The average molecular weight is 302 g/mol. The first-order valence-corrected chi connectivity index (χ1v) is 8.03. The molecule has 20 heavy (non-hydrogen) atoms. The van der Waals surface area contributed by atoms with Crippen LogP contribution in [-0.4, -0.2) is 34.8 Å². The van der Waals surface area contributed by atoms with Gasteiger partial charge in [-0.15, -0.1) is 0 Å². The standard InChI is InChI=1S/C12H18N2O5S/c1-4-20(18,19)7-5-6-14-8-10(9(2)15)11(16)13(3)12(14)17/h8H,4-7H2,1-3H3. The molecule has 0 amide bonds. The molecule has 0 saturated carbocycles. The number of hydrogen-bond acceptors (Lipinski definition) is 5. The van der Waals surface area contributed by atoms with Crippen LogP contribution in [0, 0.1) is 0 Å². The zero-order chi connectivity index (χ0) is 15.5. The summed E-state index contributed by atoms with van der Waals surface area (Å²) in [5.41, 5.74) is -1.28. The Bertz CT molecular complexity index is 727. The van der Waals surface area contributed by atoms with Gasteiger partial charge < -0.3 is 0 Å². The maximum atomic E-state index is 11.9. The van der Waals surface area contributed by atoms with Gasteiger partial charge >= 0.3 is 5.69 Å². The first-order valence-electron chi connectivity index (χ1n) is 6.21. The summed E-state index contributed by atoms with van der Waals surface area (Å²) in [5.74, 6) is -0.414. The lowest BCUT2D eigenvalue weighted by Gasteiger charge is -2.09. The van der Waals surface area contributed by atoms with Gasteiger partial charge in [0.05, 0.1) is 11.3 Å². The minimum Gasteiger partial charge on any atom is -0.300 e. The van der Waals surface area contributed by atoms with Crippen molar-refractivity contribution in [2.45, 2.75) is 26.8 Å². The Labute approximate surface area is 116 Å². The number of hydrogen-bond donors (Lipinski definition) is 0. The summed E-state index contributed by atoms with van der Waals surface area (Å²) in [7, 11) is -1.81. The van der Waals surface area contributed by atoms with E-state index in [0.29, 0.717) is 0 Å². The second-order valence-corrected chi connectivity index (χ2v) is 7.00. The molecule has 0 aliphatic rings. The van der Waals surface area contributed by atoms with E-state index in [4.69, 9.17) is 0 Å². The van der Waals surface area contributed by atoms with Crippen molar-refractivity contribution in [1.29, 1.82) is 0 Å². The van der Waals surface area contributed by atoms with Crippen molar-refractivity contribution in [2.24, 2.45) is 7.05 Å². The van der Waals surface area contributed by atoms with Crippen LogP contribution in [0.1, 0.15) is 30.6 Å². The third kappa shape index (κ3) is 3.66. The van der Waals surface area contributed by atoms with Crippen molar-refractivity contribution in [1.82, 2.24) is 9.13 Å². The van der Waals surface area contributed by atoms with Gasteiger partial charge in [0.15, 0.2) is 5.78 Å². The number of carbonyl (C=O) groups is 1. The number of aryl methyl sites for hydroxylation is 1. The van der Waals surface area contributed by atoms with E-state index in [-0.39, 0.29) is 30.0 Å².